The first kappa shape index (κ1) is 19.6. The molecular formula is C20H23N5O5. The summed E-state index contributed by atoms with van der Waals surface area (Å²) < 4.78 is 18.8. The van der Waals surface area contributed by atoms with Crippen molar-refractivity contribution in [3.8, 4) is 23.1 Å². The molecule has 3 aromatic rings. The zero-order valence-electron chi connectivity index (χ0n) is 16.8. The Morgan fingerprint density at radius 3 is 2.57 bits per heavy atom. The van der Waals surface area contributed by atoms with Gasteiger partial charge in [0.25, 0.3) is 0 Å². The van der Waals surface area contributed by atoms with Gasteiger partial charge in [-0.2, -0.15) is 0 Å². The minimum atomic E-state index is -0.411. The Balaban J connectivity index is 1.39. The van der Waals surface area contributed by atoms with Gasteiger partial charge in [-0.3, -0.25) is 4.57 Å². The van der Waals surface area contributed by atoms with Gasteiger partial charge >= 0.3 is 11.7 Å². The Labute approximate surface area is 172 Å². The number of carbonyl (C=O) groups is 1. The molecule has 1 fully saturated rings. The second-order valence-corrected chi connectivity index (χ2v) is 6.89. The van der Waals surface area contributed by atoms with E-state index in [0.717, 1.165) is 12.8 Å². The first-order valence-electron chi connectivity index (χ1n) is 9.60. The number of rotatable bonds is 8. The normalized spacial score (nSPS) is 13.1. The molecule has 1 aliphatic carbocycles. The van der Waals surface area contributed by atoms with Crippen LogP contribution in [-0.2, 0) is 6.54 Å². The van der Waals surface area contributed by atoms with Gasteiger partial charge in [-0.1, -0.05) is 0 Å². The van der Waals surface area contributed by atoms with Gasteiger partial charge in [0, 0.05) is 36.5 Å². The monoisotopic (exact) mass is 413 g/mol. The quantitative estimate of drug-likeness (QED) is 0.587. The van der Waals surface area contributed by atoms with E-state index in [-0.39, 0.29) is 24.8 Å². The lowest BCUT2D eigenvalue weighted by atomic mass is 10.3. The van der Waals surface area contributed by atoms with E-state index in [9.17, 15) is 9.59 Å². The van der Waals surface area contributed by atoms with Gasteiger partial charge < -0.3 is 24.5 Å². The lowest BCUT2D eigenvalue weighted by Gasteiger charge is -2.10. The fourth-order valence-electron chi connectivity index (χ4n) is 3.13. The van der Waals surface area contributed by atoms with Crippen LogP contribution in [0.2, 0.25) is 0 Å². The van der Waals surface area contributed by atoms with Gasteiger partial charge in [0.2, 0.25) is 5.82 Å². The van der Waals surface area contributed by atoms with Gasteiger partial charge in [0.15, 0.2) is 5.76 Å². The number of methoxy groups -OCH3 is 2. The van der Waals surface area contributed by atoms with Crippen molar-refractivity contribution in [2.24, 2.45) is 0 Å². The predicted octanol–water partition coefficient (Wildman–Crippen LogP) is 2.48. The zero-order valence-corrected chi connectivity index (χ0v) is 16.8. The molecule has 10 heteroatoms. The smallest absolute Gasteiger partial charge is 0.346 e. The number of carbonyl (C=O) groups excluding carboxylic acids is 1. The molecule has 158 valence electrons. The second kappa shape index (κ2) is 8.36. The molecule has 1 saturated carbocycles. The number of hydrogen-bond donors (Lipinski definition) is 2. The fourth-order valence-corrected chi connectivity index (χ4v) is 3.13. The first-order chi connectivity index (χ1) is 14.6. The van der Waals surface area contributed by atoms with Crippen LogP contribution in [0.4, 0.5) is 10.5 Å². The summed E-state index contributed by atoms with van der Waals surface area (Å²) in [5, 5.41) is 9.86. The summed E-state index contributed by atoms with van der Waals surface area (Å²) in [6, 6.07) is 8.35. The Bertz CT molecular complexity index is 1060. The van der Waals surface area contributed by atoms with Crippen LogP contribution >= 0.6 is 0 Å². The molecule has 1 aliphatic rings. The van der Waals surface area contributed by atoms with Crippen LogP contribution in [0.3, 0.4) is 0 Å². The third-order valence-electron chi connectivity index (χ3n) is 4.74. The molecule has 2 N–H and O–H groups in total. The van der Waals surface area contributed by atoms with Gasteiger partial charge in [0.1, 0.15) is 11.5 Å². The highest BCUT2D eigenvalue weighted by Gasteiger charge is 2.31. The maximum Gasteiger partial charge on any atom is 0.346 e. The molecule has 4 rings (SSSR count). The summed E-state index contributed by atoms with van der Waals surface area (Å²) in [6.45, 7) is 0.466. The van der Waals surface area contributed by atoms with Gasteiger partial charge in [-0.05, 0) is 25.0 Å². The molecule has 2 amide bonds. The lowest BCUT2D eigenvalue weighted by Crippen LogP contribution is -2.34. The zero-order chi connectivity index (χ0) is 21.1. The van der Waals surface area contributed by atoms with E-state index in [1.165, 1.54) is 18.9 Å². The van der Waals surface area contributed by atoms with Crippen molar-refractivity contribution in [3.05, 3.63) is 47.1 Å². The maximum atomic E-state index is 12.7. The molecule has 0 spiro atoms. The van der Waals surface area contributed by atoms with E-state index >= 15 is 0 Å². The maximum absolute atomic E-state index is 12.7. The van der Waals surface area contributed by atoms with E-state index in [1.807, 2.05) is 0 Å². The summed E-state index contributed by atoms with van der Waals surface area (Å²) in [6.07, 6.45) is 3.45. The number of amides is 2. The summed E-state index contributed by atoms with van der Waals surface area (Å²) in [7, 11) is 3.07. The minimum Gasteiger partial charge on any atom is -0.497 e. The first-order valence-corrected chi connectivity index (χ1v) is 9.60. The van der Waals surface area contributed by atoms with Gasteiger partial charge in [-0.25, -0.2) is 14.3 Å². The van der Waals surface area contributed by atoms with E-state index < -0.39 is 6.03 Å². The fraction of sp³-hybridized carbons (Fsp3) is 0.350. The Morgan fingerprint density at radius 2 is 1.97 bits per heavy atom. The molecule has 0 aliphatic heterocycles. The molecule has 0 radical (unpaired) electrons. The van der Waals surface area contributed by atoms with Crippen molar-refractivity contribution in [2.75, 3.05) is 26.1 Å². The van der Waals surface area contributed by atoms with Crippen molar-refractivity contribution in [2.45, 2.75) is 25.4 Å². The summed E-state index contributed by atoms with van der Waals surface area (Å²) in [4.78, 5) is 25.0. The average molecular weight is 413 g/mol. The average Bonchev–Trinajstić information content (AvgIpc) is 3.32. The second-order valence-electron chi connectivity index (χ2n) is 6.89. The highest BCUT2D eigenvalue weighted by Crippen LogP contribution is 2.36. The van der Waals surface area contributed by atoms with E-state index in [2.05, 4.69) is 15.7 Å². The third-order valence-corrected chi connectivity index (χ3v) is 4.74. The van der Waals surface area contributed by atoms with Crippen LogP contribution in [0.15, 0.2) is 45.8 Å². The number of aromatic nitrogens is 3. The summed E-state index contributed by atoms with van der Waals surface area (Å²) in [5.41, 5.74) is 0.322. The summed E-state index contributed by atoms with van der Waals surface area (Å²) >= 11 is 0. The Hall–Kier alpha value is -3.69. The minimum absolute atomic E-state index is 0.158. The topological polar surface area (TPSA) is 113 Å². The van der Waals surface area contributed by atoms with E-state index in [4.69, 9.17) is 13.9 Å². The molecule has 0 bridgehead atoms. The number of benzene rings is 1. The largest absolute Gasteiger partial charge is 0.497 e. The van der Waals surface area contributed by atoms with Gasteiger partial charge in [0.05, 0.1) is 27.0 Å². The van der Waals surface area contributed by atoms with Crippen LogP contribution in [0.1, 0.15) is 18.9 Å². The van der Waals surface area contributed by atoms with Crippen molar-refractivity contribution in [1.82, 2.24) is 19.7 Å². The highest BCUT2D eigenvalue weighted by molar-refractivity contribution is 5.89. The molecule has 10 nitrogen and oxygen atoms in total. The van der Waals surface area contributed by atoms with Crippen molar-refractivity contribution >= 4 is 11.7 Å². The molecule has 0 saturated heterocycles. The highest BCUT2D eigenvalue weighted by atomic mass is 16.5. The number of urea groups is 1. The molecule has 1 aromatic carbocycles. The van der Waals surface area contributed by atoms with Crippen LogP contribution in [-0.4, -0.2) is 41.1 Å². The number of hydrogen-bond acceptors (Lipinski definition) is 6. The number of anilines is 1. The van der Waals surface area contributed by atoms with Crippen molar-refractivity contribution < 1.29 is 18.7 Å². The number of nitrogens with zero attached hydrogens (tertiary/aromatic N) is 3. The van der Waals surface area contributed by atoms with Crippen LogP contribution < -0.4 is 25.8 Å². The van der Waals surface area contributed by atoms with E-state index in [1.54, 1.807) is 41.2 Å². The molecule has 30 heavy (non-hydrogen) atoms. The van der Waals surface area contributed by atoms with Gasteiger partial charge in [-0.15, -0.1) is 5.10 Å². The van der Waals surface area contributed by atoms with Crippen molar-refractivity contribution in [1.29, 1.82) is 0 Å². The standard InChI is InChI=1S/C20H23N5O5/c1-28-15-10-13(11-16(12-15)29-2)22-19(26)21-7-8-24-20(27)25(14-5-6-14)18(23-24)17-4-3-9-30-17/h3-4,9-12,14H,5-8H2,1-2H3,(H2,21,22,26). The van der Waals surface area contributed by atoms with Crippen LogP contribution in [0.25, 0.3) is 11.6 Å². The Kier molecular flexibility index (Phi) is 5.46. The van der Waals surface area contributed by atoms with E-state index in [0.29, 0.717) is 28.8 Å². The molecule has 2 aromatic heterocycles. The lowest BCUT2D eigenvalue weighted by molar-refractivity contribution is 0.251. The molecule has 0 atom stereocenters. The molecule has 2 heterocycles. The Morgan fingerprint density at radius 1 is 1.23 bits per heavy atom. The third kappa shape index (κ3) is 4.17. The van der Waals surface area contributed by atoms with Crippen molar-refractivity contribution in [3.63, 3.8) is 0 Å². The van der Waals surface area contributed by atoms with Crippen LogP contribution in [0.5, 0.6) is 11.5 Å². The number of furan rings is 1. The number of nitrogens with one attached hydrogen (secondary N) is 2. The predicted molar refractivity (Wildman–Crippen MR) is 109 cm³/mol. The molecular weight excluding hydrogens is 390 g/mol. The number of ether oxygens (including phenoxy) is 2. The van der Waals surface area contributed by atoms with Crippen LogP contribution in [0, 0.1) is 0 Å². The SMILES string of the molecule is COc1cc(NC(=O)NCCn2nc(-c3ccco3)n(C3CC3)c2=O)cc(OC)c1. The summed E-state index contributed by atoms with van der Waals surface area (Å²) in [5.74, 6) is 2.19. The molecule has 0 unspecified atom stereocenters.